The first-order valence-electron chi connectivity index (χ1n) is 6.77. The molecule has 0 saturated heterocycles. The molecule has 1 rings (SSSR count). The molecule has 0 heterocycles. The van der Waals surface area contributed by atoms with E-state index >= 15 is 0 Å². The van der Waals surface area contributed by atoms with Crippen LogP contribution in [0.2, 0.25) is 0 Å². The normalized spacial score (nSPS) is 23.6. The van der Waals surface area contributed by atoms with Crippen LogP contribution in [0.1, 0.15) is 38.5 Å². The largest absolute Gasteiger partial charge is 0.389 e. The zero-order valence-corrected chi connectivity index (χ0v) is 11.2. The molecular weight excluding hydrogens is 216 g/mol. The Kier molecular flexibility index (Phi) is 6.41. The minimum absolute atomic E-state index is 0.298. The van der Waals surface area contributed by atoms with Gasteiger partial charge in [-0.15, -0.1) is 0 Å². The van der Waals surface area contributed by atoms with Crippen molar-refractivity contribution < 1.29 is 10.2 Å². The van der Waals surface area contributed by atoms with Gasteiger partial charge in [-0.2, -0.15) is 0 Å². The summed E-state index contributed by atoms with van der Waals surface area (Å²) in [7, 11) is 3.76. The smallest absolute Gasteiger partial charge is 0.0962 e. The van der Waals surface area contributed by atoms with Crippen LogP contribution < -0.4 is 5.73 Å². The first-order valence-corrected chi connectivity index (χ1v) is 6.77. The van der Waals surface area contributed by atoms with Gasteiger partial charge in [-0.25, -0.2) is 0 Å². The number of nitrogens with two attached hydrogens (primary N) is 1. The van der Waals surface area contributed by atoms with Crippen molar-refractivity contribution in [2.45, 2.75) is 56.8 Å². The average molecular weight is 244 g/mol. The summed E-state index contributed by atoms with van der Waals surface area (Å²) in [5, 5.41) is 19.8. The lowest BCUT2D eigenvalue weighted by molar-refractivity contribution is -0.0131. The van der Waals surface area contributed by atoms with Gasteiger partial charge in [0.15, 0.2) is 0 Å². The molecule has 1 aliphatic carbocycles. The molecule has 1 saturated carbocycles. The second-order valence-corrected chi connectivity index (χ2v) is 5.72. The van der Waals surface area contributed by atoms with E-state index in [9.17, 15) is 10.2 Å². The fraction of sp³-hybridized carbons (Fsp3) is 1.00. The van der Waals surface area contributed by atoms with E-state index in [-0.39, 0.29) is 6.04 Å². The highest BCUT2D eigenvalue weighted by Crippen LogP contribution is 2.27. The van der Waals surface area contributed by atoms with Crippen LogP contribution in [0.15, 0.2) is 0 Å². The van der Waals surface area contributed by atoms with Crippen molar-refractivity contribution in [3.63, 3.8) is 0 Å². The maximum atomic E-state index is 9.96. The highest BCUT2D eigenvalue weighted by Gasteiger charge is 2.26. The molecule has 0 aromatic carbocycles. The molecule has 0 spiro atoms. The summed E-state index contributed by atoms with van der Waals surface area (Å²) in [5.41, 5.74) is 6.00. The Morgan fingerprint density at radius 3 is 2.29 bits per heavy atom. The Bertz CT molecular complexity index is 206. The van der Waals surface area contributed by atoms with E-state index in [1.165, 1.54) is 32.1 Å². The van der Waals surface area contributed by atoms with Crippen molar-refractivity contribution in [1.82, 2.24) is 4.90 Å². The van der Waals surface area contributed by atoms with Crippen LogP contribution in [0, 0.1) is 5.92 Å². The van der Waals surface area contributed by atoms with Gasteiger partial charge in [-0.3, -0.25) is 0 Å². The molecule has 1 aliphatic rings. The van der Waals surface area contributed by atoms with E-state index in [2.05, 4.69) is 0 Å². The monoisotopic (exact) mass is 244 g/mol. The highest BCUT2D eigenvalue weighted by atomic mass is 16.3. The maximum Gasteiger partial charge on any atom is 0.0962 e. The van der Waals surface area contributed by atoms with Gasteiger partial charge in [0.25, 0.3) is 0 Å². The first-order chi connectivity index (χ1) is 8.00. The van der Waals surface area contributed by atoms with E-state index < -0.39 is 12.2 Å². The van der Waals surface area contributed by atoms with Crippen molar-refractivity contribution in [2.24, 2.45) is 11.7 Å². The lowest BCUT2D eigenvalue weighted by Gasteiger charge is -2.30. The number of rotatable bonds is 6. The number of hydrogen-bond donors (Lipinski definition) is 3. The predicted molar refractivity (Wildman–Crippen MR) is 69.7 cm³/mol. The predicted octanol–water partition coefficient (Wildman–Crippen LogP) is 0.567. The standard InChI is InChI=1S/C13H28N2O2/c1-15(2)9-12(16)13(17)11(14)8-10-6-4-3-5-7-10/h10-13,16-17H,3-9,14H2,1-2H3. The Hall–Kier alpha value is -0.160. The molecule has 0 amide bonds. The highest BCUT2D eigenvalue weighted by molar-refractivity contribution is 4.83. The summed E-state index contributed by atoms with van der Waals surface area (Å²) in [6.45, 7) is 0.458. The summed E-state index contributed by atoms with van der Waals surface area (Å²) in [4.78, 5) is 1.86. The van der Waals surface area contributed by atoms with Gasteiger partial charge in [0.2, 0.25) is 0 Å². The molecule has 3 unspecified atom stereocenters. The quantitative estimate of drug-likeness (QED) is 0.639. The molecule has 0 aliphatic heterocycles. The van der Waals surface area contributed by atoms with Gasteiger partial charge in [-0.1, -0.05) is 32.1 Å². The molecule has 0 bridgehead atoms. The zero-order chi connectivity index (χ0) is 12.8. The van der Waals surface area contributed by atoms with Crippen molar-refractivity contribution in [3.8, 4) is 0 Å². The summed E-state index contributed by atoms with van der Waals surface area (Å²) in [5.74, 6) is 0.639. The molecule has 4 heteroatoms. The van der Waals surface area contributed by atoms with Crippen molar-refractivity contribution >= 4 is 0 Å². The molecule has 0 aromatic heterocycles. The summed E-state index contributed by atoms with van der Waals surface area (Å²) < 4.78 is 0. The van der Waals surface area contributed by atoms with Gasteiger partial charge in [0.1, 0.15) is 0 Å². The number of hydrogen-bond acceptors (Lipinski definition) is 4. The van der Waals surface area contributed by atoms with E-state index in [1.807, 2.05) is 19.0 Å². The fourth-order valence-electron chi connectivity index (χ4n) is 2.71. The van der Waals surface area contributed by atoms with Crippen LogP contribution in [0.3, 0.4) is 0 Å². The number of aliphatic hydroxyl groups excluding tert-OH is 2. The molecule has 4 nitrogen and oxygen atoms in total. The second-order valence-electron chi connectivity index (χ2n) is 5.72. The summed E-state index contributed by atoms with van der Waals surface area (Å²) >= 11 is 0. The SMILES string of the molecule is CN(C)CC(O)C(O)C(N)CC1CCCCC1. The van der Waals surface area contributed by atoms with E-state index in [0.29, 0.717) is 12.5 Å². The molecule has 0 radical (unpaired) electrons. The van der Waals surface area contributed by atoms with Gasteiger partial charge >= 0.3 is 0 Å². The zero-order valence-electron chi connectivity index (χ0n) is 11.2. The molecular formula is C13H28N2O2. The topological polar surface area (TPSA) is 69.7 Å². The third-order valence-corrected chi connectivity index (χ3v) is 3.72. The van der Waals surface area contributed by atoms with Crippen LogP contribution >= 0.6 is 0 Å². The summed E-state index contributed by atoms with van der Waals surface area (Å²) in [6, 6.07) is -0.298. The third kappa shape index (κ3) is 5.34. The van der Waals surface area contributed by atoms with E-state index in [0.717, 1.165) is 6.42 Å². The minimum Gasteiger partial charge on any atom is -0.389 e. The van der Waals surface area contributed by atoms with E-state index in [1.54, 1.807) is 0 Å². The van der Waals surface area contributed by atoms with Gasteiger partial charge in [-0.05, 0) is 26.4 Å². The Morgan fingerprint density at radius 2 is 1.76 bits per heavy atom. The summed E-state index contributed by atoms with van der Waals surface area (Å²) in [6.07, 6.45) is 5.64. The minimum atomic E-state index is -0.806. The lowest BCUT2D eigenvalue weighted by atomic mass is 9.83. The van der Waals surface area contributed by atoms with Crippen molar-refractivity contribution in [3.05, 3.63) is 0 Å². The van der Waals surface area contributed by atoms with Crippen LogP contribution in [0.25, 0.3) is 0 Å². The molecule has 17 heavy (non-hydrogen) atoms. The number of nitrogens with zero attached hydrogens (tertiary/aromatic N) is 1. The average Bonchev–Trinajstić information content (AvgIpc) is 2.28. The van der Waals surface area contributed by atoms with Crippen LogP contribution in [-0.4, -0.2) is 54.0 Å². The molecule has 3 atom stereocenters. The molecule has 4 N–H and O–H groups in total. The Balaban J connectivity index is 2.31. The van der Waals surface area contributed by atoms with Gasteiger partial charge in [0.05, 0.1) is 12.2 Å². The van der Waals surface area contributed by atoms with Crippen LogP contribution in [0.5, 0.6) is 0 Å². The second kappa shape index (κ2) is 7.31. The Morgan fingerprint density at radius 1 is 1.18 bits per heavy atom. The third-order valence-electron chi connectivity index (χ3n) is 3.72. The van der Waals surface area contributed by atoms with Crippen molar-refractivity contribution in [2.75, 3.05) is 20.6 Å². The van der Waals surface area contributed by atoms with E-state index in [4.69, 9.17) is 5.73 Å². The molecule has 102 valence electrons. The lowest BCUT2D eigenvalue weighted by Crippen LogP contribution is -2.47. The van der Waals surface area contributed by atoms with Crippen LogP contribution in [0.4, 0.5) is 0 Å². The van der Waals surface area contributed by atoms with Crippen molar-refractivity contribution in [1.29, 1.82) is 0 Å². The molecule has 1 fully saturated rings. The van der Waals surface area contributed by atoms with Crippen LogP contribution in [-0.2, 0) is 0 Å². The maximum absolute atomic E-state index is 9.96. The number of aliphatic hydroxyl groups is 2. The van der Waals surface area contributed by atoms with Gasteiger partial charge in [0, 0.05) is 12.6 Å². The first kappa shape index (κ1) is 14.9. The fourth-order valence-corrected chi connectivity index (χ4v) is 2.71. The van der Waals surface area contributed by atoms with Gasteiger partial charge < -0.3 is 20.8 Å². The Labute approximate surface area is 105 Å². The number of likely N-dealkylation sites (N-methyl/N-ethyl adjacent to an activating group) is 1. The molecule has 0 aromatic rings.